The predicted octanol–water partition coefficient (Wildman–Crippen LogP) is 1.82. The van der Waals surface area contributed by atoms with E-state index in [0.717, 1.165) is 5.56 Å². The number of rotatable bonds is 8. The van der Waals surface area contributed by atoms with E-state index in [2.05, 4.69) is 20.8 Å². The fourth-order valence-corrected chi connectivity index (χ4v) is 2.33. The van der Waals surface area contributed by atoms with Gasteiger partial charge in [-0.1, -0.05) is 19.9 Å². The number of nitrogens with zero attached hydrogens (tertiary/aromatic N) is 3. The highest BCUT2D eigenvalue weighted by Crippen LogP contribution is 2.27. The minimum Gasteiger partial charge on any atom is -0.493 e. The van der Waals surface area contributed by atoms with Crippen LogP contribution < -0.4 is 20.1 Å². The van der Waals surface area contributed by atoms with E-state index in [1.807, 2.05) is 32.0 Å². The largest absolute Gasteiger partial charge is 0.493 e. The van der Waals surface area contributed by atoms with Crippen molar-refractivity contribution in [2.45, 2.75) is 33.0 Å². The summed E-state index contributed by atoms with van der Waals surface area (Å²) >= 11 is 0. The van der Waals surface area contributed by atoms with Crippen LogP contribution in [0.15, 0.2) is 30.6 Å². The molecule has 1 heterocycles. The minimum absolute atomic E-state index is 0.0715. The summed E-state index contributed by atoms with van der Waals surface area (Å²) in [6.45, 7) is 5.00. The molecule has 0 aliphatic rings. The van der Waals surface area contributed by atoms with Gasteiger partial charge >= 0.3 is 6.03 Å². The van der Waals surface area contributed by atoms with Crippen LogP contribution in [0.2, 0.25) is 0 Å². The fourth-order valence-electron chi connectivity index (χ4n) is 2.33. The van der Waals surface area contributed by atoms with Crippen LogP contribution in [0, 0.1) is 5.92 Å². The minimum atomic E-state index is -0.236. The van der Waals surface area contributed by atoms with Crippen molar-refractivity contribution in [1.82, 2.24) is 25.6 Å². The average Bonchev–Trinajstić information content (AvgIpc) is 3.12. The van der Waals surface area contributed by atoms with E-state index in [-0.39, 0.29) is 18.0 Å². The molecule has 1 aromatic heterocycles. The Morgan fingerprint density at radius 1 is 1.16 bits per heavy atom. The van der Waals surface area contributed by atoms with E-state index in [9.17, 15) is 4.79 Å². The molecule has 136 valence electrons. The van der Waals surface area contributed by atoms with Gasteiger partial charge in [-0.15, -0.1) is 0 Å². The molecule has 0 aliphatic carbocycles. The Balaban J connectivity index is 1.90. The molecule has 25 heavy (non-hydrogen) atoms. The highest BCUT2D eigenvalue weighted by atomic mass is 16.5. The molecule has 2 N–H and O–H groups in total. The third-order valence-corrected chi connectivity index (χ3v) is 3.85. The van der Waals surface area contributed by atoms with Crippen molar-refractivity contribution < 1.29 is 14.3 Å². The summed E-state index contributed by atoms with van der Waals surface area (Å²) in [5, 5.41) is 14.0. The standard InChI is InChI=1S/C17H25N5O3/c1-12(2)14(11-22-19-7-8-20-22)21-17(23)18-10-13-5-6-15(24-3)16(9-13)25-4/h5-9,12,14H,10-11H2,1-4H3,(H2,18,21,23). The number of carbonyl (C=O) groups excluding carboxylic acids is 1. The summed E-state index contributed by atoms with van der Waals surface area (Å²) in [4.78, 5) is 13.8. The van der Waals surface area contributed by atoms with Crippen molar-refractivity contribution in [3.05, 3.63) is 36.2 Å². The van der Waals surface area contributed by atoms with Gasteiger partial charge in [0.2, 0.25) is 0 Å². The van der Waals surface area contributed by atoms with Crippen molar-refractivity contribution in [2.75, 3.05) is 14.2 Å². The number of methoxy groups -OCH3 is 2. The lowest BCUT2D eigenvalue weighted by Crippen LogP contribution is -2.46. The van der Waals surface area contributed by atoms with Gasteiger partial charge < -0.3 is 20.1 Å². The number of hydrogen-bond acceptors (Lipinski definition) is 5. The van der Waals surface area contributed by atoms with Gasteiger partial charge in [0.1, 0.15) is 0 Å². The maximum atomic E-state index is 12.2. The second-order valence-electron chi connectivity index (χ2n) is 5.95. The first-order chi connectivity index (χ1) is 12.0. The van der Waals surface area contributed by atoms with Crippen LogP contribution in [0.25, 0.3) is 0 Å². The van der Waals surface area contributed by atoms with Crippen LogP contribution in [0.3, 0.4) is 0 Å². The van der Waals surface area contributed by atoms with Gasteiger partial charge in [-0.2, -0.15) is 15.0 Å². The van der Waals surface area contributed by atoms with E-state index < -0.39 is 0 Å². The van der Waals surface area contributed by atoms with Crippen LogP contribution >= 0.6 is 0 Å². The number of ether oxygens (including phenoxy) is 2. The van der Waals surface area contributed by atoms with Crippen LogP contribution in [0.1, 0.15) is 19.4 Å². The molecule has 2 aromatic rings. The first kappa shape index (κ1) is 18.6. The quantitative estimate of drug-likeness (QED) is 0.760. The summed E-state index contributed by atoms with van der Waals surface area (Å²) in [5.41, 5.74) is 0.919. The van der Waals surface area contributed by atoms with Gasteiger partial charge in [-0.3, -0.25) is 0 Å². The molecule has 1 unspecified atom stereocenters. The molecule has 8 nitrogen and oxygen atoms in total. The number of benzene rings is 1. The van der Waals surface area contributed by atoms with Gasteiger partial charge in [-0.25, -0.2) is 4.79 Å². The van der Waals surface area contributed by atoms with Gasteiger partial charge in [-0.05, 0) is 23.6 Å². The van der Waals surface area contributed by atoms with E-state index in [4.69, 9.17) is 9.47 Å². The predicted molar refractivity (Wildman–Crippen MR) is 93.6 cm³/mol. The van der Waals surface area contributed by atoms with Crippen molar-refractivity contribution in [1.29, 1.82) is 0 Å². The Labute approximate surface area is 147 Å². The van der Waals surface area contributed by atoms with E-state index in [1.165, 1.54) is 0 Å². The van der Waals surface area contributed by atoms with Crippen molar-refractivity contribution in [2.24, 2.45) is 5.92 Å². The number of urea groups is 1. The van der Waals surface area contributed by atoms with E-state index in [0.29, 0.717) is 24.6 Å². The third-order valence-electron chi connectivity index (χ3n) is 3.85. The van der Waals surface area contributed by atoms with Gasteiger partial charge in [0.05, 0.1) is 39.2 Å². The lowest BCUT2D eigenvalue weighted by molar-refractivity contribution is 0.227. The average molecular weight is 347 g/mol. The Bertz CT molecular complexity index is 673. The molecule has 0 spiro atoms. The summed E-state index contributed by atoms with van der Waals surface area (Å²) < 4.78 is 10.5. The molecular weight excluding hydrogens is 322 g/mol. The normalized spacial score (nSPS) is 11.9. The van der Waals surface area contributed by atoms with Crippen molar-refractivity contribution in [3.8, 4) is 11.5 Å². The summed E-state index contributed by atoms with van der Waals surface area (Å²) in [7, 11) is 3.17. The Morgan fingerprint density at radius 3 is 2.44 bits per heavy atom. The first-order valence-corrected chi connectivity index (χ1v) is 8.12. The Morgan fingerprint density at radius 2 is 1.84 bits per heavy atom. The zero-order valence-electron chi connectivity index (χ0n) is 15.0. The SMILES string of the molecule is COc1ccc(CNC(=O)NC(Cn2nccn2)C(C)C)cc1OC. The van der Waals surface area contributed by atoms with Crippen LogP contribution in [0.4, 0.5) is 4.79 Å². The van der Waals surface area contributed by atoms with E-state index in [1.54, 1.807) is 31.4 Å². The third kappa shape index (κ3) is 5.37. The topological polar surface area (TPSA) is 90.3 Å². The molecule has 2 rings (SSSR count). The molecule has 0 radical (unpaired) electrons. The van der Waals surface area contributed by atoms with Crippen molar-refractivity contribution >= 4 is 6.03 Å². The molecule has 0 saturated carbocycles. The second-order valence-corrected chi connectivity index (χ2v) is 5.95. The van der Waals surface area contributed by atoms with Gasteiger partial charge in [0, 0.05) is 6.54 Å². The molecule has 0 saturated heterocycles. The maximum absolute atomic E-state index is 12.2. The maximum Gasteiger partial charge on any atom is 0.315 e. The molecule has 0 fully saturated rings. The second kappa shape index (κ2) is 8.91. The number of carbonyl (C=O) groups is 1. The van der Waals surface area contributed by atoms with Crippen LogP contribution in [-0.4, -0.2) is 41.3 Å². The highest BCUT2D eigenvalue weighted by Gasteiger charge is 2.17. The zero-order chi connectivity index (χ0) is 18.2. The summed E-state index contributed by atoms with van der Waals surface area (Å²) in [6, 6.07) is 5.23. The van der Waals surface area contributed by atoms with Gasteiger partial charge in [0.15, 0.2) is 11.5 Å². The Hall–Kier alpha value is -2.77. The molecule has 0 bridgehead atoms. The number of aromatic nitrogens is 3. The Kier molecular flexibility index (Phi) is 6.62. The smallest absolute Gasteiger partial charge is 0.315 e. The monoisotopic (exact) mass is 347 g/mol. The van der Waals surface area contributed by atoms with Gasteiger partial charge in [0.25, 0.3) is 0 Å². The lowest BCUT2D eigenvalue weighted by Gasteiger charge is -2.22. The first-order valence-electron chi connectivity index (χ1n) is 8.12. The van der Waals surface area contributed by atoms with Crippen molar-refractivity contribution in [3.63, 3.8) is 0 Å². The lowest BCUT2D eigenvalue weighted by atomic mass is 10.1. The number of hydrogen-bond donors (Lipinski definition) is 2. The molecular formula is C17H25N5O3. The fraction of sp³-hybridized carbons (Fsp3) is 0.471. The highest BCUT2D eigenvalue weighted by molar-refractivity contribution is 5.74. The summed E-state index contributed by atoms with van der Waals surface area (Å²) in [6.07, 6.45) is 3.24. The summed E-state index contributed by atoms with van der Waals surface area (Å²) in [5.74, 6) is 1.53. The van der Waals surface area contributed by atoms with Crippen LogP contribution in [-0.2, 0) is 13.1 Å². The molecule has 0 aliphatic heterocycles. The molecule has 1 atom stereocenters. The molecule has 2 amide bonds. The number of nitrogens with one attached hydrogen (secondary N) is 2. The van der Waals surface area contributed by atoms with E-state index >= 15 is 0 Å². The molecule has 8 heteroatoms. The molecule has 1 aromatic carbocycles. The number of amides is 2. The van der Waals surface area contributed by atoms with Crippen LogP contribution in [0.5, 0.6) is 11.5 Å². The zero-order valence-corrected chi connectivity index (χ0v) is 15.0.